The van der Waals surface area contributed by atoms with Crippen LogP contribution in [-0.2, 0) is 13.6 Å². The minimum atomic E-state index is 0.750. The fraction of sp³-hybridized carbons (Fsp3) is 0.273. The zero-order chi connectivity index (χ0) is 11.5. The molecule has 16 heavy (non-hydrogen) atoms. The van der Waals surface area contributed by atoms with E-state index < -0.39 is 0 Å². The molecule has 0 radical (unpaired) electrons. The summed E-state index contributed by atoms with van der Waals surface area (Å²) in [5.74, 6) is 1.00. The number of nitrogens with zero attached hydrogens (tertiary/aromatic N) is 3. The monoisotopic (exact) mass is 280 g/mol. The zero-order valence-corrected chi connectivity index (χ0v) is 10.8. The number of halogens is 1. The molecule has 2 heterocycles. The van der Waals surface area contributed by atoms with Gasteiger partial charge in [-0.3, -0.25) is 4.98 Å². The summed E-state index contributed by atoms with van der Waals surface area (Å²) in [5.41, 5.74) is 2.02. The largest absolute Gasteiger partial charge is 0.324 e. The van der Waals surface area contributed by atoms with Crippen molar-refractivity contribution in [2.75, 3.05) is 7.05 Å². The molecule has 0 amide bonds. The lowest BCUT2D eigenvalue weighted by molar-refractivity contribution is 0.704. The molecule has 0 bridgehead atoms. The highest BCUT2D eigenvalue weighted by molar-refractivity contribution is 9.10. The summed E-state index contributed by atoms with van der Waals surface area (Å²) in [6, 6.07) is 3.91. The summed E-state index contributed by atoms with van der Waals surface area (Å²) in [6.45, 7) is 0.750. The lowest BCUT2D eigenvalue weighted by atomic mass is 10.2. The first-order valence-electron chi connectivity index (χ1n) is 5.00. The molecule has 0 fully saturated rings. The molecular formula is C11H13BrN4. The predicted octanol–water partition coefficient (Wildman–Crippen LogP) is 1.96. The highest BCUT2D eigenvalue weighted by atomic mass is 79.9. The zero-order valence-electron chi connectivity index (χ0n) is 9.24. The average molecular weight is 281 g/mol. The standard InChI is InChI=1S/C11H13BrN4/c1-13-7-9-15-10(11(12)16(9)2)8-3-5-14-6-4-8/h3-6,13H,7H2,1-2H3. The Balaban J connectivity index is 2.46. The van der Waals surface area contributed by atoms with Crippen LogP contribution in [0.5, 0.6) is 0 Å². The summed E-state index contributed by atoms with van der Waals surface area (Å²) < 4.78 is 3.02. The van der Waals surface area contributed by atoms with Crippen molar-refractivity contribution in [3.63, 3.8) is 0 Å². The number of nitrogens with one attached hydrogen (secondary N) is 1. The number of rotatable bonds is 3. The Bertz CT molecular complexity index is 478. The number of imidazole rings is 1. The first-order chi connectivity index (χ1) is 7.74. The van der Waals surface area contributed by atoms with E-state index in [0.29, 0.717) is 0 Å². The first kappa shape index (κ1) is 11.3. The van der Waals surface area contributed by atoms with Crippen molar-refractivity contribution in [2.24, 2.45) is 7.05 Å². The molecule has 0 spiro atoms. The third-order valence-electron chi connectivity index (χ3n) is 2.41. The van der Waals surface area contributed by atoms with Crippen LogP contribution in [0.25, 0.3) is 11.3 Å². The van der Waals surface area contributed by atoms with Gasteiger partial charge in [-0.2, -0.15) is 0 Å². The summed E-state index contributed by atoms with van der Waals surface area (Å²) in [7, 11) is 3.91. The Hall–Kier alpha value is -1.20. The molecule has 2 aromatic rings. The molecule has 0 saturated heterocycles. The van der Waals surface area contributed by atoms with E-state index in [4.69, 9.17) is 0 Å². The molecule has 0 aromatic carbocycles. The smallest absolute Gasteiger partial charge is 0.124 e. The van der Waals surface area contributed by atoms with Crippen LogP contribution in [0.3, 0.4) is 0 Å². The van der Waals surface area contributed by atoms with E-state index in [2.05, 4.69) is 31.2 Å². The van der Waals surface area contributed by atoms with Crippen molar-refractivity contribution in [3.8, 4) is 11.3 Å². The van der Waals surface area contributed by atoms with Crippen LogP contribution >= 0.6 is 15.9 Å². The maximum Gasteiger partial charge on any atom is 0.124 e. The van der Waals surface area contributed by atoms with E-state index in [1.807, 2.05) is 30.8 Å². The SMILES string of the molecule is CNCc1nc(-c2ccncc2)c(Br)n1C. The van der Waals surface area contributed by atoms with Gasteiger partial charge < -0.3 is 9.88 Å². The second-order valence-corrected chi connectivity index (χ2v) is 4.24. The molecule has 0 aliphatic rings. The minimum absolute atomic E-state index is 0.750. The van der Waals surface area contributed by atoms with Gasteiger partial charge in [-0.25, -0.2) is 4.98 Å². The maximum atomic E-state index is 4.60. The van der Waals surface area contributed by atoms with Crippen LogP contribution in [0.4, 0.5) is 0 Å². The van der Waals surface area contributed by atoms with Gasteiger partial charge in [0.15, 0.2) is 0 Å². The highest BCUT2D eigenvalue weighted by Gasteiger charge is 2.12. The van der Waals surface area contributed by atoms with E-state index in [0.717, 1.165) is 28.2 Å². The van der Waals surface area contributed by atoms with Crippen molar-refractivity contribution in [3.05, 3.63) is 35.0 Å². The summed E-state index contributed by atoms with van der Waals surface area (Å²) >= 11 is 3.56. The quantitative estimate of drug-likeness (QED) is 0.935. The van der Waals surface area contributed by atoms with E-state index in [-0.39, 0.29) is 0 Å². The number of hydrogen-bond acceptors (Lipinski definition) is 3. The van der Waals surface area contributed by atoms with Gasteiger partial charge in [0.1, 0.15) is 16.1 Å². The Labute approximate surface area is 103 Å². The van der Waals surface area contributed by atoms with Crippen molar-refractivity contribution in [2.45, 2.75) is 6.54 Å². The van der Waals surface area contributed by atoms with Gasteiger partial charge >= 0.3 is 0 Å². The van der Waals surface area contributed by atoms with Crippen LogP contribution in [0.1, 0.15) is 5.82 Å². The fourth-order valence-electron chi connectivity index (χ4n) is 1.53. The summed E-state index contributed by atoms with van der Waals surface area (Å²) in [4.78, 5) is 8.60. The molecule has 0 aliphatic heterocycles. The molecule has 0 atom stereocenters. The first-order valence-corrected chi connectivity index (χ1v) is 5.79. The third kappa shape index (κ3) is 2.01. The van der Waals surface area contributed by atoms with E-state index in [1.54, 1.807) is 12.4 Å². The van der Waals surface area contributed by atoms with Crippen LogP contribution in [0, 0.1) is 0 Å². The van der Waals surface area contributed by atoms with Crippen molar-refractivity contribution >= 4 is 15.9 Å². The molecule has 5 heteroatoms. The molecular weight excluding hydrogens is 268 g/mol. The maximum absolute atomic E-state index is 4.60. The van der Waals surface area contributed by atoms with Gasteiger partial charge in [0.05, 0.1) is 6.54 Å². The molecule has 0 aliphatic carbocycles. The Morgan fingerprint density at radius 1 is 1.38 bits per heavy atom. The lowest BCUT2D eigenvalue weighted by Crippen LogP contribution is -2.10. The molecule has 4 nitrogen and oxygen atoms in total. The van der Waals surface area contributed by atoms with Gasteiger partial charge in [0.25, 0.3) is 0 Å². The van der Waals surface area contributed by atoms with Gasteiger partial charge in [-0.05, 0) is 35.1 Å². The van der Waals surface area contributed by atoms with Gasteiger partial charge in [0.2, 0.25) is 0 Å². The molecule has 84 valence electrons. The number of aromatic nitrogens is 3. The number of hydrogen-bond donors (Lipinski definition) is 1. The Morgan fingerprint density at radius 2 is 2.06 bits per heavy atom. The second-order valence-electron chi connectivity index (χ2n) is 3.49. The molecule has 2 aromatic heterocycles. The second kappa shape index (κ2) is 4.76. The molecule has 0 saturated carbocycles. The van der Waals surface area contributed by atoms with E-state index in [9.17, 15) is 0 Å². The van der Waals surface area contributed by atoms with Crippen molar-refractivity contribution in [1.29, 1.82) is 0 Å². The van der Waals surface area contributed by atoms with E-state index >= 15 is 0 Å². The van der Waals surface area contributed by atoms with Gasteiger partial charge in [-0.1, -0.05) is 0 Å². The molecule has 1 N–H and O–H groups in total. The van der Waals surface area contributed by atoms with Gasteiger partial charge in [-0.15, -0.1) is 0 Å². The van der Waals surface area contributed by atoms with Crippen LogP contribution in [0.2, 0.25) is 0 Å². The predicted molar refractivity (Wildman–Crippen MR) is 66.9 cm³/mol. The Kier molecular flexibility index (Phi) is 3.36. The van der Waals surface area contributed by atoms with Crippen LogP contribution < -0.4 is 5.32 Å². The van der Waals surface area contributed by atoms with E-state index in [1.165, 1.54) is 0 Å². The molecule has 0 unspecified atom stereocenters. The third-order valence-corrected chi connectivity index (χ3v) is 3.31. The summed E-state index contributed by atoms with van der Waals surface area (Å²) in [5, 5.41) is 3.10. The average Bonchev–Trinajstić information content (AvgIpc) is 2.59. The minimum Gasteiger partial charge on any atom is -0.324 e. The highest BCUT2D eigenvalue weighted by Crippen LogP contribution is 2.27. The van der Waals surface area contributed by atoms with Crippen LogP contribution in [0.15, 0.2) is 29.1 Å². The Morgan fingerprint density at radius 3 is 2.69 bits per heavy atom. The molecule has 2 rings (SSSR count). The van der Waals surface area contributed by atoms with Crippen LogP contribution in [-0.4, -0.2) is 21.6 Å². The lowest BCUT2D eigenvalue weighted by Gasteiger charge is -2.00. The summed E-state index contributed by atoms with van der Waals surface area (Å²) in [6.07, 6.45) is 3.54. The van der Waals surface area contributed by atoms with Crippen molar-refractivity contribution < 1.29 is 0 Å². The number of pyridine rings is 1. The van der Waals surface area contributed by atoms with Crippen molar-refractivity contribution in [1.82, 2.24) is 19.9 Å². The topological polar surface area (TPSA) is 42.7 Å². The normalized spacial score (nSPS) is 10.7. The fourth-order valence-corrected chi connectivity index (χ4v) is 2.05. The van der Waals surface area contributed by atoms with Gasteiger partial charge in [0, 0.05) is 25.0 Å².